The van der Waals surface area contributed by atoms with Gasteiger partial charge in [-0.25, -0.2) is 0 Å². The van der Waals surface area contributed by atoms with Crippen molar-refractivity contribution in [1.29, 1.82) is 0 Å². The van der Waals surface area contributed by atoms with E-state index in [1.54, 1.807) is 12.2 Å². The predicted molar refractivity (Wildman–Crippen MR) is 120 cm³/mol. The highest BCUT2D eigenvalue weighted by Crippen LogP contribution is 2.37. The van der Waals surface area contributed by atoms with Crippen LogP contribution < -0.4 is 0 Å². The van der Waals surface area contributed by atoms with Crippen LogP contribution in [-0.2, 0) is 4.74 Å². The summed E-state index contributed by atoms with van der Waals surface area (Å²) >= 11 is 0. The minimum atomic E-state index is 0.0918. The van der Waals surface area contributed by atoms with E-state index in [4.69, 9.17) is 4.74 Å². The van der Waals surface area contributed by atoms with Gasteiger partial charge in [0.2, 0.25) is 0 Å². The van der Waals surface area contributed by atoms with E-state index >= 15 is 0 Å². The Kier molecular flexibility index (Phi) is 6.10. The maximum atomic E-state index is 12.4. The van der Waals surface area contributed by atoms with Gasteiger partial charge in [-0.1, -0.05) is 68.8 Å². The standard InChI is InChI=1S/C27H28O3/c1-3-9-19(25-15-27(29)23-13-8-6-11-21(23)25)17-30-16-18(4-2)24-14-26(28)22-12-7-5-10-20(22)24/h5-8,10-15,18-19H,3-4,9,16-17H2,1-2H3. The van der Waals surface area contributed by atoms with Gasteiger partial charge in [-0.15, -0.1) is 0 Å². The molecular weight excluding hydrogens is 372 g/mol. The van der Waals surface area contributed by atoms with Crippen LogP contribution in [0.15, 0.2) is 60.7 Å². The summed E-state index contributed by atoms with van der Waals surface area (Å²) in [5.41, 5.74) is 5.87. The highest BCUT2D eigenvalue weighted by atomic mass is 16.5. The fourth-order valence-electron chi connectivity index (χ4n) is 4.63. The van der Waals surface area contributed by atoms with Gasteiger partial charge in [0.05, 0.1) is 13.2 Å². The molecule has 4 rings (SSSR count). The van der Waals surface area contributed by atoms with Crippen molar-refractivity contribution >= 4 is 22.7 Å². The number of allylic oxidation sites excluding steroid dienone is 2. The van der Waals surface area contributed by atoms with Crippen molar-refractivity contribution in [3.8, 4) is 0 Å². The molecule has 2 aliphatic rings. The summed E-state index contributed by atoms with van der Waals surface area (Å²) in [4.78, 5) is 24.7. The molecule has 0 heterocycles. The second-order valence-corrected chi connectivity index (χ2v) is 8.15. The van der Waals surface area contributed by atoms with E-state index in [2.05, 4.69) is 13.8 Å². The first-order valence-corrected chi connectivity index (χ1v) is 10.9. The van der Waals surface area contributed by atoms with Gasteiger partial charge >= 0.3 is 0 Å². The van der Waals surface area contributed by atoms with Gasteiger partial charge < -0.3 is 4.74 Å². The Morgan fingerprint density at radius 2 is 1.17 bits per heavy atom. The highest BCUT2D eigenvalue weighted by Gasteiger charge is 2.28. The van der Waals surface area contributed by atoms with Gasteiger partial charge in [-0.05, 0) is 47.3 Å². The number of hydrogen-bond donors (Lipinski definition) is 0. The number of ketones is 2. The molecule has 2 atom stereocenters. The minimum Gasteiger partial charge on any atom is -0.380 e. The third-order valence-electron chi connectivity index (χ3n) is 6.23. The van der Waals surface area contributed by atoms with E-state index < -0.39 is 0 Å². The monoisotopic (exact) mass is 400 g/mol. The molecule has 0 spiro atoms. The largest absolute Gasteiger partial charge is 0.380 e. The molecule has 3 nitrogen and oxygen atoms in total. The Morgan fingerprint density at radius 1 is 0.700 bits per heavy atom. The molecule has 2 aromatic rings. The normalized spacial score (nSPS) is 16.7. The average Bonchev–Trinajstić information content (AvgIpc) is 3.28. The lowest BCUT2D eigenvalue weighted by Gasteiger charge is -2.22. The Labute approximate surface area is 178 Å². The molecule has 2 unspecified atom stereocenters. The summed E-state index contributed by atoms with van der Waals surface area (Å²) in [7, 11) is 0. The molecule has 0 aliphatic heterocycles. The lowest BCUT2D eigenvalue weighted by molar-refractivity contribution is 0.0942. The molecule has 0 aromatic heterocycles. The van der Waals surface area contributed by atoms with E-state index in [1.807, 2.05) is 48.5 Å². The fourth-order valence-corrected chi connectivity index (χ4v) is 4.63. The number of benzene rings is 2. The molecule has 0 amide bonds. The molecular formula is C27H28O3. The summed E-state index contributed by atoms with van der Waals surface area (Å²) in [5.74, 6) is 0.575. The van der Waals surface area contributed by atoms with Gasteiger partial charge in [-0.3, -0.25) is 9.59 Å². The number of rotatable bonds is 9. The minimum absolute atomic E-state index is 0.0918. The van der Waals surface area contributed by atoms with E-state index in [-0.39, 0.29) is 23.4 Å². The molecule has 0 radical (unpaired) electrons. The zero-order valence-corrected chi connectivity index (χ0v) is 17.7. The average molecular weight is 401 g/mol. The Morgan fingerprint density at radius 3 is 1.67 bits per heavy atom. The maximum Gasteiger partial charge on any atom is 0.186 e. The van der Waals surface area contributed by atoms with E-state index in [1.165, 1.54) is 0 Å². The fraction of sp³-hybridized carbons (Fsp3) is 0.333. The van der Waals surface area contributed by atoms with Gasteiger partial charge in [-0.2, -0.15) is 0 Å². The first-order chi connectivity index (χ1) is 14.6. The molecule has 2 aliphatic carbocycles. The smallest absolute Gasteiger partial charge is 0.186 e. The number of ether oxygens (including phenoxy) is 1. The zero-order chi connectivity index (χ0) is 21.1. The van der Waals surface area contributed by atoms with Crippen molar-refractivity contribution in [3.63, 3.8) is 0 Å². The topological polar surface area (TPSA) is 43.4 Å². The van der Waals surface area contributed by atoms with Crippen LogP contribution in [0.5, 0.6) is 0 Å². The second-order valence-electron chi connectivity index (χ2n) is 8.15. The van der Waals surface area contributed by atoms with Crippen LogP contribution in [0.1, 0.15) is 65.0 Å². The number of carbonyl (C=O) groups excluding carboxylic acids is 2. The third kappa shape index (κ3) is 3.82. The Hall–Kier alpha value is -2.78. The van der Waals surface area contributed by atoms with E-state index in [0.717, 1.165) is 52.7 Å². The molecule has 0 N–H and O–H groups in total. The Balaban J connectivity index is 1.46. The van der Waals surface area contributed by atoms with Crippen LogP contribution >= 0.6 is 0 Å². The van der Waals surface area contributed by atoms with Crippen LogP contribution in [0, 0.1) is 11.8 Å². The van der Waals surface area contributed by atoms with Gasteiger partial charge in [0.15, 0.2) is 11.6 Å². The van der Waals surface area contributed by atoms with Crippen molar-refractivity contribution in [2.75, 3.05) is 13.2 Å². The summed E-state index contributed by atoms with van der Waals surface area (Å²) in [6.07, 6.45) is 6.50. The molecule has 30 heavy (non-hydrogen) atoms. The predicted octanol–water partition coefficient (Wildman–Crippen LogP) is 6.01. The van der Waals surface area contributed by atoms with Crippen molar-refractivity contribution in [3.05, 3.63) is 82.9 Å². The molecule has 2 aromatic carbocycles. The third-order valence-corrected chi connectivity index (χ3v) is 6.23. The lowest BCUT2D eigenvalue weighted by Crippen LogP contribution is -2.17. The van der Waals surface area contributed by atoms with E-state index in [9.17, 15) is 9.59 Å². The van der Waals surface area contributed by atoms with Gasteiger partial charge in [0, 0.05) is 23.0 Å². The Bertz CT molecular complexity index is 1030. The first kappa shape index (κ1) is 20.5. The SMILES string of the molecule is CCCC(COCC(CC)C1=CC(=O)c2ccccc21)C1=CC(=O)c2ccccc21. The quantitative estimate of drug-likeness (QED) is 0.518. The van der Waals surface area contributed by atoms with Gasteiger partial charge in [0.25, 0.3) is 0 Å². The van der Waals surface area contributed by atoms with Crippen molar-refractivity contribution in [2.45, 2.75) is 33.1 Å². The summed E-state index contributed by atoms with van der Waals surface area (Å²) in [6.45, 7) is 5.46. The molecule has 0 fully saturated rings. The number of carbonyl (C=O) groups is 2. The summed E-state index contributed by atoms with van der Waals surface area (Å²) in [5, 5.41) is 0. The summed E-state index contributed by atoms with van der Waals surface area (Å²) in [6, 6.07) is 15.7. The number of fused-ring (bicyclic) bond motifs is 2. The second kappa shape index (κ2) is 8.93. The van der Waals surface area contributed by atoms with E-state index in [0.29, 0.717) is 13.2 Å². The first-order valence-electron chi connectivity index (χ1n) is 10.9. The molecule has 3 heteroatoms. The summed E-state index contributed by atoms with van der Waals surface area (Å²) < 4.78 is 6.22. The van der Waals surface area contributed by atoms with Crippen LogP contribution in [0.25, 0.3) is 11.1 Å². The molecule has 154 valence electrons. The number of hydrogen-bond acceptors (Lipinski definition) is 3. The molecule has 0 saturated carbocycles. The highest BCUT2D eigenvalue weighted by molar-refractivity contribution is 6.17. The van der Waals surface area contributed by atoms with Crippen LogP contribution in [0.2, 0.25) is 0 Å². The maximum absolute atomic E-state index is 12.4. The lowest BCUT2D eigenvalue weighted by atomic mass is 9.90. The molecule has 0 saturated heterocycles. The van der Waals surface area contributed by atoms with Crippen molar-refractivity contribution in [1.82, 2.24) is 0 Å². The van der Waals surface area contributed by atoms with Crippen molar-refractivity contribution in [2.24, 2.45) is 11.8 Å². The van der Waals surface area contributed by atoms with Crippen LogP contribution in [-0.4, -0.2) is 24.8 Å². The van der Waals surface area contributed by atoms with Crippen molar-refractivity contribution < 1.29 is 14.3 Å². The zero-order valence-electron chi connectivity index (χ0n) is 17.7. The molecule has 0 bridgehead atoms. The van der Waals surface area contributed by atoms with Crippen LogP contribution in [0.3, 0.4) is 0 Å². The van der Waals surface area contributed by atoms with Crippen LogP contribution in [0.4, 0.5) is 0 Å². The van der Waals surface area contributed by atoms with Gasteiger partial charge in [0.1, 0.15) is 0 Å².